The quantitative estimate of drug-likeness (QED) is 0.902. The molecule has 1 saturated heterocycles. The first-order valence-corrected chi connectivity index (χ1v) is 8.34. The van der Waals surface area contributed by atoms with Crippen LogP contribution in [0.15, 0.2) is 12.1 Å². The molecule has 2 fully saturated rings. The molecule has 116 valence electrons. The molecular formula is C17H28N4. The van der Waals surface area contributed by atoms with Crippen molar-refractivity contribution in [3.05, 3.63) is 23.4 Å². The maximum Gasteiger partial charge on any atom is 0.129 e. The second-order valence-corrected chi connectivity index (χ2v) is 6.85. The van der Waals surface area contributed by atoms with Crippen molar-refractivity contribution in [2.45, 2.75) is 39.2 Å². The summed E-state index contributed by atoms with van der Waals surface area (Å²) in [4.78, 5) is 9.90. The van der Waals surface area contributed by atoms with Gasteiger partial charge < -0.3 is 10.6 Å². The van der Waals surface area contributed by atoms with Gasteiger partial charge in [0.2, 0.25) is 0 Å². The fourth-order valence-corrected chi connectivity index (χ4v) is 2.99. The molecule has 0 atom stereocenters. The van der Waals surface area contributed by atoms with E-state index in [0.29, 0.717) is 12.5 Å². The van der Waals surface area contributed by atoms with Gasteiger partial charge in [-0.15, -0.1) is 0 Å². The van der Waals surface area contributed by atoms with Crippen molar-refractivity contribution in [1.29, 1.82) is 0 Å². The van der Waals surface area contributed by atoms with Gasteiger partial charge in [-0.05, 0) is 42.4 Å². The predicted molar refractivity (Wildman–Crippen MR) is 87.6 cm³/mol. The van der Waals surface area contributed by atoms with Crippen LogP contribution < -0.4 is 10.6 Å². The molecule has 0 bridgehead atoms. The number of piperazine rings is 1. The van der Waals surface area contributed by atoms with Crippen LogP contribution in [0.2, 0.25) is 0 Å². The summed E-state index contributed by atoms with van der Waals surface area (Å²) in [7, 11) is 0. The largest absolute Gasteiger partial charge is 0.354 e. The van der Waals surface area contributed by atoms with Crippen molar-refractivity contribution in [3.63, 3.8) is 0 Å². The van der Waals surface area contributed by atoms with E-state index < -0.39 is 0 Å². The van der Waals surface area contributed by atoms with Crippen LogP contribution in [0, 0.1) is 5.92 Å². The third-order valence-corrected chi connectivity index (χ3v) is 4.63. The predicted octanol–water partition coefficient (Wildman–Crippen LogP) is 2.20. The van der Waals surface area contributed by atoms with Gasteiger partial charge in [0.05, 0.1) is 0 Å². The number of nitrogens with zero attached hydrogens (tertiary/aromatic N) is 3. The van der Waals surface area contributed by atoms with Gasteiger partial charge in [-0.3, -0.25) is 4.90 Å². The molecule has 0 radical (unpaired) electrons. The highest BCUT2D eigenvalue weighted by atomic mass is 15.3. The van der Waals surface area contributed by atoms with Crippen LogP contribution in [0.4, 0.5) is 5.82 Å². The first kappa shape index (κ1) is 14.8. The molecule has 1 aromatic rings. The summed E-state index contributed by atoms with van der Waals surface area (Å²) in [6.45, 7) is 10.8. The van der Waals surface area contributed by atoms with E-state index in [1.807, 2.05) is 0 Å². The van der Waals surface area contributed by atoms with Gasteiger partial charge in [0, 0.05) is 45.0 Å². The van der Waals surface area contributed by atoms with Gasteiger partial charge in [-0.25, -0.2) is 4.98 Å². The van der Waals surface area contributed by atoms with Gasteiger partial charge in [-0.2, -0.15) is 0 Å². The zero-order chi connectivity index (χ0) is 14.8. The van der Waals surface area contributed by atoms with Crippen LogP contribution in [0.1, 0.15) is 43.9 Å². The Morgan fingerprint density at radius 2 is 1.90 bits per heavy atom. The number of anilines is 1. The number of hydrogen-bond donors (Lipinski definition) is 1. The zero-order valence-electron chi connectivity index (χ0n) is 13.4. The lowest BCUT2D eigenvalue weighted by atomic mass is 10.1. The first-order chi connectivity index (χ1) is 10.2. The van der Waals surface area contributed by atoms with Crippen LogP contribution in [0.25, 0.3) is 0 Å². The van der Waals surface area contributed by atoms with Gasteiger partial charge in [0.25, 0.3) is 0 Å². The Kier molecular flexibility index (Phi) is 4.45. The summed E-state index contributed by atoms with van der Waals surface area (Å²) >= 11 is 0. The summed E-state index contributed by atoms with van der Waals surface area (Å²) in [5, 5.41) is 0. The van der Waals surface area contributed by atoms with Gasteiger partial charge >= 0.3 is 0 Å². The number of pyridine rings is 1. The normalized spacial score (nSPS) is 20.3. The van der Waals surface area contributed by atoms with Crippen LogP contribution in [-0.2, 0) is 6.54 Å². The molecule has 0 aromatic carbocycles. The van der Waals surface area contributed by atoms with Crippen molar-refractivity contribution in [2.75, 3.05) is 37.6 Å². The third-order valence-electron chi connectivity index (χ3n) is 4.63. The van der Waals surface area contributed by atoms with Gasteiger partial charge in [-0.1, -0.05) is 13.8 Å². The second kappa shape index (κ2) is 6.32. The molecule has 1 saturated carbocycles. The van der Waals surface area contributed by atoms with E-state index in [1.165, 1.54) is 38.0 Å². The molecule has 0 spiro atoms. The molecule has 4 heteroatoms. The average Bonchev–Trinajstić information content (AvgIpc) is 3.31. The maximum atomic E-state index is 5.85. The molecule has 2 N–H and O–H groups in total. The van der Waals surface area contributed by atoms with Crippen molar-refractivity contribution >= 4 is 5.82 Å². The lowest BCUT2D eigenvalue weighted by Crippen LogP contribution is -2.47. The van der Waals surface area contributed by atoms with E-state index in [-0.39, 0.29) is 0 Å². The van der Waals surface area contributed by atoms with E-state index in [9.17, 15) is 0 Å². The lowest BCUT2D eigenvalue weighted by molar-refractivity contribution is 0.247. The smallest absolute Gasteiger partial charge is 0.129 e. The lowest BCUT2D eigenvalue weighted by Gasteiger charge is -2.35. The van der Waals surface area contributed by atoms with E-state index in [4.69, 9.17) is 10.7 Å². The molecule has 2 heterocycles. The Balaban J connectivity index is 1.67. The monoisotopic (exact) mass is 288 g/mol. The molecule has 2 aliphatic rings. The minimum Gasteiger partial charge on any atom is -0.354 e. The van der Waals surface area contributed by atoms with Gasteiger partial charge in [0.1, 0.15) is 5.82 Å². The van der Waals surface area contributed by atoms with Gasteiger partial charge in [0.15, 0.2) is 0 Å². The number of rotatable bonds is 5. The highest BCUT2D eigenvalue weighted by Gasteiger charge is 2.26. The van der Waals surface area contributed by atoms with E-state index in [1.54, 1.807) is 0 Å². The Labute approximate surface area is 128 Å². The Morgan fingerprint density at radius 1 is 1.19 bits per heavy atom. The van der Waals surface area contributed by atoms with E-state index in [2.05, 4.69) is 35.8 Å². The highest BCUT2D eigenvalue weighted by molar-refractivity contribution is 5.44. The molecule has 0 unspecified atom stereocenters. The summed E-state index contributed by atoms with van der Waals surface area (Å²) in [5.41, 5.74) is 8.21. The Hall–Kier alpha value is -1.13. The summed E-state index contributed by atoms with van der Waals surface area (Å²) in [6.07, 6.45) is 2.89. The summed E-state index contributed by atoms with van der Waals surface area (Å²) in [6, 6.07) is 4.32. The Morgan fingerprint density at radius 3 is 2.48 bits per heavy atom. The van der Waals surface area contributed by atoms with Crippen LogP contribution in [0.5, 0.6) is 0 Å². The molecule has 1 aliphatic heterocycles. The number of nitrogens with two attached hydrogens (primary N) is 1. The summed E-state index contributed by atoms with van der Waals surface area (Å²) < 4.78 is 0. The average molecular weight is 288 g/mol. The summed E-state index contributed by atoms with van der Waals surface area (Å²) in [5.74, 6) is 2.56. The highest BCUT2D eigenvalue weighted by Crippen LogP contribution is 2.30. The van der Waals surface area contributed by atoms with Crippen LogP contribution in [-0.4, -0.2) is 42.6 Å². The van der Waals surface area contributed by atoms with Crippen molar-refractivity contribution in [1.82, 2.24) is 9.88 Å². The Bertz CT molecular complexity index is 474. The van der Waals surface area contributed by atoms with Crippen LogP contribution >= 0.6 is 0 Å². The topological polar surface area (TPSA) is 45.4 Å². The minimum absolute atomic E-state index is 0.450. The van der Waals surface area contributed by atoms with Crippen molar-refractivity contribution in [2.24, 2.45) is 11.7 Å². The number of aromatic nitrogens is 1. The molecular weight excluding hydrogens is 260 g/mol. The number of hydrogen-bond acceptors (Lipinski definition) is 4. The van der Waals surface area contributed by atoms with Crippen LogP contribution in [0.3, 0.4) is 0 Å². The van der Waals surface area contributed by atoms with Crippen molar-refractivity contribution in [3.8, 4) is 0 Å². The fourth-order valence-electron chi connectivity index (χ4n) is 2.99. The molecule has 0 amide bonds. The minimum atomic E-state index is 0.450. The first-order valence-electron chi connectivity index (χ1n) is 8.34. The fraction of sp³-hybridized carbons (Fsp3) is 0.706. The van der Waals surface area contributed by atoms with Crippen molar-refractivity contribution < 1.29 is 0 Å². The molecule has 4 nitrogen and oxygen atoms in total. The maximum absolute atomic E-state index is 5.85. The molecule has 1 aliphatic carbocycles. The SMILES string of the molecule is CC(C)c1cc(CN)cc(N2CCN(CC3CC3)CC2)n1. The molecule has 21 heavy (non-hydrogen) atoms. The third kappa shape index (κ3) is 3.74. The molecule has 1 aromatic heterocycles. The second-order valence-electron chi connectivity index (χ2n) is 6.85. The molecule has 3 rings (SSSR count). The van der Waals surface area contributed by atoms with E-state index in [0.717, 1.165) is 30.5 Å². The van der Waals surface area contributed by atoms with E-state index >= 15 is 0 Å². The standard InChI is InChI=1S/C17H28N4/c1-13(2)16-9-15(11-18)10-17(19-16)21-7-5-20(6-8-21)12-14-3-4-14/h9-10,13-14H,3-8,11-12,18H2,1-2H3. The zero-order valence-corrected chi connectivity index (χ0v) is 13.4.